The number of primary amides is 1. The number of hydrogen-bond acceptors (Lipinski definition) is 4. The molecular formula is C10H13BrN2O2S. The quantitative estimate of drug-likeness (QED) is 0.810. The van der Waals surface area contributed by atoms with Crippen molar-refractivity contribution in [1.29, 1.82) is 0 Å². The standard InChI is InChI=1S/C10H13BrN2O2S/c1-2-13(6-10(12)15)5-7(14)8-3-4-9(11)16-8/h3-4H,2,5-6H2,1H3,(H2,12,15). The molecule has 0 bridgehead atoms. The van der Waals surface area contributed by atoms with E-state index in [4.69, 9.17) is 5.73 Å². The fraction of sp³-hybridized carbons (Fsp3) is 0.400. The number of carbonyl (C=O) groups excluding carboxylic acids is 2. The summed E-state index contributed by atoms with van der Waals surface area (Å²) in [7, 11) is 0. The molecule has 0 aliphatic carbocycles. The minimum Gasteiger partial charge on any atom is -0.369 e. The molecule has 88 valence electrons. The minimum absolute atomic E-state index is 0.0128. The molecule has 1 aromatic heterocycles. The zero-order valence-electron chi connectivity index (χ0n) is 8.90. The third kappa shape index (κ3) is 4.03. The van der Waals surface area contributed by atoms with Crippen LogP contribution < -0.4 is 5.73 Å². The summed E-state index contributed by atoms with van der Waals surface area (Å²) in [6.45, 7) is 2.86. The van der Waals surface area contributed by atoms with Gasteiger partial charge in [0.15, 0.2) is 5.78 Å². The summed E-state index contributed by atoms with van der Waals surface area (Å²) in [5, 5.41) is 0. The van der Waals surface area contributed by atoms with Gasteiger partial charge in [0.05, 0.1) is 21.8 Å². The van der Waals surface area contributed by atoms with E-state index >= 15 is 0 Å². The average molecular weight is 305 g/mol. The summed E-state index contributed by atoms with van der Waals surface area (Å²) in [5.41, 5.74) is 5.09. The van der Waals surface area contributed by atoms with E-state index in [1.807, 2.05) is 13.0 Å². The molecule has 0 saturated heterocycles. The molecule has 2 N–H and O–H groups in total. The van der Waals surface area contributed by atoms with Crippen molar-refractivity contribution in [3.05, 3.63) is 20.8 Å². The monoisotopic (exact) mass is 304 g/mol. The number of amides is 1. The van der Waals surface area contributed by atoms with Crippen LogP contribution >= 0.6 is 27.3 Å². The molecule has 0 fully saturated rings. The van der Waals surface area contributed by atoms with Gasteiger partial charge >= 0.3 is 0 Å². The van der Waals surface area contributed by atoms with Gasteiger partial charge in [0, 0.05) is 0 Å². The van der Waals surface area contributed by atoms with E-state index in [9.17, 15) is 9.59 Å². The molecule has 6 heteroatoms. The molecule has 1 heterocycles. The summed E-state index contributed by atoms with van der Waals surface area (Å²) < 4.78 is 0.925. The molecule has 0 aliphatic rings. The second-order valence-corrected chi connectivity index (χ2v) is 5.76. The third-order valence-corrected chi connectivity index (χ3v) is 3.71. The van der Waals surface area contributed by atoms with Crippen LogP contribution in [0.1, 0.15) is 16.6 Å². The number of thiophene rings is 1. The Hall–Kier alpha value is -0.720. The molecule has 0 atom stereocenters. The topological polar surface area (TPSA) is 63.4 Å². The molecule has 4 nitrogen and oxygen atoms in total. The lowest BCUT2D eigenvalue weighted by Gasteiger charge is -2.16. The zero-order chi connectivity index (χ0) is 12.1. The SMILES string of the molecule is CCN(CC(N)=O)CC(=O)c1ccc(Br)s1. The molecule has 0 aromatic carbocycles. The van der Waals surface area contributed by atoms with Crippen LogP contribution in [0.4, 0.5) is 0 Å². The number of nitrogens with zero attached hydrogens (tertiary/aromatic N) is 1. The molecule has 0 unspecified atom stereocenters. The number of ketones is 1. The number of Topliss-reactive ketones (excluding diaryl/α,β-unsaturated/α-hetero) is 1. The average Bonchev–Trinajstić information content (AvgIpc) is 2.63. The Morgan fingerprint density at radius 3 is 2.56 bits per heavy atom. The molecule has 1 amide bonds. The molecule has 0 spiro atoms. The molecule has 16 heavy (non-hydrogen) atoms. The van der Waals surface area contributed by atoms with Gasteiger partial charge in [-0.15, -0.1) is 11.3 Å². The van der Waals surface area contributed by atoms with Crippen LogP contribution in [0, 0.1) is 0 Å². The van der Waals surface area contributed by atoms with Crippen molar-refractivity contribution >= 4 is 39.0 Å². The number of carbonyl (C=O) groups is 2. The lowest BCUT2D eigenvalue weighted by molar-refractivity contribution is -0.118. The van der Waals surface area contributed by atoms with E-state index in [-0.39, 0.29) is 18.9 Å². The Morgan fingerprint density at radius 1 is 1.44 bits per heavy atom. The van der Waals surface area contributed by atoms with Crippen molar-refractivity contribution in [1.82, 2.24) is 4.90 Å². The highest BCUT2D eigenvalue weighted by molar-refractivity contribution is 9.11. The fourth-order valence-corrected chi connectivity index (χ4v) is 2.56. The lowest BCUT2D eigenvalue weighted by atomic mass is 10.3. The van der Waals surface area contributed by atoms with E-state index < -0.39 is 5.91 Å². The highest BCUT2D eigenvalue weighted by Crippen LogP contribution is 2.22. The van der Waals surface area contributed by atoms with Crippen molar-refractivity contribution in [2.45, 2.75) is 6.92 Å². The fourth-order valence-electron chi connectivity index (χ4n) is 1.25. The third-order valence-electron chi connectivity index (χ3n) is 2.04. The van der Waals surface area contributed by atoms with E-state index in [0.717, 1.165) is 3.79 Å². The summed E-state index contributed by atoms with van der Waals surface area (Å²) >= 11 is 4.69. The summed E-state index contributed by atoms with van der Waals surface area (Å²) in [4.78, 5) is 25.0. The summed E-state index contributed by atoms with van der Waals surface area (Å²) in [6, 6.07) is 3.61. The van der Waals surface area contributed by atoms with Gasteiger partial charge in [0.1, 0.15) is 0 Å². The maximum absolute atomic E-state index is 11.8. The Kier molecular flexibility index (Phi) is 5.11. The molecule has 1 rings (SSSR count). The van der Waals surface area contributed by atoms with Crippen LogP contribution in [-0.2, 0) is 4.79 Å². The Morgan fingerprint density at radius 2 is 2.12 bits per heavy atom. The van der Waals surface area contributed by atoms with Crippen LogP contribution in [0.3, 0.4) is 0 Å². The van der Waals surface area contributed by atoms with Crippen molar-refractivity contribution in [3.8, 4) is 0 Å². The second kappa shape index (κ2) is 6.12. The van der Waals surface area contributed by atoms with Gasteiger partial charge in [-0.3, -0.25) is 14.5 Å². The van der Waals surface area contributed by atoms with Crippen molar-refractivity contribution in [3.63, 3.8) is 0 Å². The predicted molar refractivity (Wildman–Crippen MR) is 67.7 cm³/mol. The highest BCUT2D eigenvalue weighted by atomic mass is 79.9. The van der Waals surface area contributed by atoms with Crippen LogP contribution in [0.15, 0.2) is 15.9 Å². The number of halogens is 1. The Balaban J connectivity index is 2.58. The van der Waals surface area contributed by atoms with E-state index in [0.29, 0.717) is 11.4 Å². The van der Waals surface area contributed by atoms with Crippen molar-refractivity contribution in [2.75, 3.05) is 19.6 Å². The van der Waals surface area contributed by atoms with Crippen molar-refractivity contribution < 1.29 is 9.59 Å². The molecule has 1 aromatic rings. The number of hydrogen-bond donors (Lipinski definition) is 1. The van der Waals surface area contributed by atoms with E-state index in [1.165, 1.54) is 11.3 Å². The summed E-state index contributed by atoms with van der Waals surface area (Å²) in [5.74, 6) is -0.402. The second-order valence-electron chi connectivity index (χ2n) is 3.30. The normalized spacial score (nSPS) is 10.7. The van der Waals surface area contributed by atoms with Gasteiger partial charge in [0.25, 0.3) is 0 Å². The van der Waals surface area contributed by atoms with Gasteiger partial charge in [-0.25, -0.2) is 0 Å². The van der Waals surface area contributed by atoms with Crippen LogP contribution in [0.25, 0.3) is 0 Å². The smallest absolute Gasteiger partial charge is 0.231 e. The number of nitrogens with two attached hydrogens (primary N) is 1. The van der Waals surface area contributed by atoms with Crippen molar-refractivity contribution in [2.24, 2.45) is 5.73 Å². The first-order valence-corrected chi connectivity index (χ1v) is 6.43. The van der Waals surface area contributed by atoms with Crippen LogP contribution in [0.2, 0.25) is 0 Å². The first kappa shape index (κ1) is 13.3. The first-order valence-electron chi connectivity index (χ1n) is 4.82. The maximum atomic E-state index is 11.8. The number of likely N-dealkylation sites (N-methyl/N-ethyl adjacent to an activating group) is 1. The maximum Gasteiger partial charge on any atom is 0.231 e. The van der Waals surface area contributed by atoms with Crippen LogP contribution in [-0.4, -0.2) is 36.2 Å². The lowest BCUT2D eigenvalue weighted by Crippen LogP contribution is -2.37. The zero-order valence-corrected chi connectivity index (χ0v) is 11.3. The first-order chi connectivity index (χ1) is 7.52. The Bertz CT molecular complexity index is 392. The summed E-state index contributed by atoms with van der Waals surface area (Å²) in [6.07, 6.45) is 0. The largest absolute Gasteiger partial charge is 0.369 e. The van der Waals surface area contributed by atoms with Gasteiger partial charge < -0.3 is 5.73 Å². The molecular weight excluding hydrogens is 292 g/mol. The molecule has 0 saturated carbocycles. The molecule has 0 radical (unpaired) electrons. The Labute approximate surface area is 107 Å². The predicted octanol–water partition coefficient (Wildman–Crippen LogP) is 1.50. The molecule has 0 aliphatic heterocycles. The van der Waals surface area contributed by atoms with Gasteiger partial charge in [-0.05, 0) is 34.6 Å². The highest BCUT2D eigenvalue weighted by Gasteiger charge is 2.14. The van der Waals surface area contributed by atoms with Gasteiger partial charge in [-0.1, -0.05) is 6.92 Å². The van der Waals surface area contributed by atoms with E-state index in [1.54, 1.807) is 11.0 Å². The van der Waals surface area contributed by atoms with Crippen LogP contribution in [0.5, 0.6) is 0 Å². The number of rotatable bonds is 6. The minimum atomic E-state index is -0.415. The van der Waals surface area contributed by atoms with Gasteiger partial charge in [0.2, 0.25) is 5.91 Å². The van der Waals surface area contributed by atoms with Gasteiger partial charge in [-0.2, -0.15) is 0 Å². The van der Waals surface area contributed by atoms with E-state index in [2.05, 4.69) is 15.9 Å².